The Balaban J connectivity index is 2.15. The van der Waals surface area contributed by atoms with Gasteiger partial charge in [0.05, 0.1) is 6.20 Å². The molecule has 0 bridgehead atoms. The average molecular weight is 259 g/mol. The number of fused-ring (bicyclic) bond motifs is 1. The van der Waals surface area contributed by atoms with Gasteiger partial charge in [-0.2, -0.15) is 5.10 Å². The van der Waals surface area contributed by atoms with Gasteiger partial charge in [-0.15, -0.1) is 0 Å². The van der Waals surface area contributed by atoms with E-state index < -0.39 is 0 Å². The van der Waals surface area contributed by atoms with Crippen LogP contribution in [0.3, 0.4) is 0 Å². The molecule has 0 aliphatic rings. The van der Waals surface area contributed by atoms with Crippen molar-refractivity contribution >= 4 is 5.65 Å². The first-order valence-corrected chi connectivity index (χ1v) is 7.67. The van der Waals surface area contributed by atoms with Gasteiger partial charge in [0.1, 0.15) is 0 Å². The highest BCUT2D eigenvalue weighted by atomic mass is 15.2. The molecule has 2 heterocycles. The first-order chi connectivity index (χ1) is 9.35. The van der Waals surface area contributed by atoms with E-state index in [1.807, 2.05) is 16.8 Å². The topological polar surface area (TPSA) is 30.2 Å². The fraction of sp³-hybridized carbons (Fsp3) is 0.625. The van der Waals surface area contributed by atoms with Crippen LogP contribution in [0, 0.1) is 0 Å². The molecule has 0 N–H and O–H groups in total. The monoisotopic (exact) mass is 259 g/mol. The van der Waals surface area contributed by atoms with Crippen LogP contribution in [0.25, 0.3) is 5.65 Å². The quantitative estimate of drug-likeness (QED) is 0.665. The van der Waals surface area contributed by atoms with Gasteiger partial charge in [0, 0.05) is 18.0 Å². The number of hydrogen-bond acceptors (Lipinski definition) is 2. The molecule has 0 fully saturated rings. The van der Waals surface area contributed by atoms with Crippen molar-refractivity contribution < 1.29 is 0 Å². The lowest BCUT2D eigenvalue weighted by Crippen LogP contribution is -2.03. The molecule has 0 saturated heterocycles. The Morgan fingerprint density at radius 1 is 1.00 bits per heavy atom. The largest absolute Gasteiger partial charge is 0.233 e. The summed E-state index contributed by atoms with van der Waals surface area (Å²) in [6.45, 7) is 4.49. The molecule has 2 aromatic rings. The van der Waals surface area contributed by atoms with Crippen LogP contribution < -0.4 is 0 Å². The van der Waals surface area contributed by atoms with Crippen LogP contribution in [0.15, 0.2) is 18.5 Å². The zero-order chi connectivity index (χ0) is 13.5. The lowest BCUT2D eigenvalue weighted by molar-refractivity contribution is 0.678. The maximum atomic E-state index is 4.79. The minimum atomic E-state index is 0.978. The number of unbranched alkanes of at least 4 members (excludes halogenated alkanes) is 4. The molecule has 2 aromatic heterocycles. The van der Waals surface area contributed by atoms with Gasteiger partial charge in [0.15, 0.2) is 5.65 Å². The summed E-state index contributed by atoms with van der Waals surface area (Å²) < 4.78 is 1.91. The first-order valence-electron chi connectivity index (χ1n) is 7.67. The highest BCUT2D eigenvalue weighted by molar-refractivity contribution is 5.39. The third kappa shape index (κ3) is 3.79. The molecule has 0 unspecified atom stereocenters. The minimum Gasteiger partial charge on any atom is -0.233 e. The van der Waals surface area contributed by atoms with Crippen molar-refractivity contribution in [2.24, 2.45) is 0 Å². The molecule has 2 rings (SSSR count). The van der Waals surface area contributed by atoms with E-state index in [0.29, 0.717) is 0 Å². The van der Waals surface area contributed by atoms with E-state index in [-0.39, 0.29) is 0 Å². The number of nitrogens with zero attached hydrogens (tertiary/aromatic N) is 3. The number of aromatic nitrogens is 3. The van der Waals surface area contributed by atoms with E-state index in [2.05, 4.69) is 25.1 Å². The fourth-order valence-corrected chi connectivity index (χ4v) is 2.46. The predicted octanol–water partition coefficient (Wildman–Crippen LogP) is 4.19. The van der Waals surface area contributed by atoms with Gasteiger partial charge in [-0.25, -0.2) is 9.50 Å². The Morgan fingerprint density at radius 3 is 2.47 bits per heavy atom. The molecule has 0 atom stereocenters. The molecule has 0 amide bonds. The molecule has 0 aromatic carbocycles. The summed E-state index contributed by atoms with van der Waals surface area (Å²) >= 11 is 0. The van der Waals surface area contributed by atoms with E-state index >= 15 is 0 Å². The van der Waals surface area contributed by atoms with E-state index in [9.17, 15) is 0 Å². The van der Waals surface area contributed by atoms with Crippen LogP contribution >= 0.6 is 0 Å². The highest BCUT2D eigenvalue weighted by Crippen LogP contribution is 2.15. The van der Waals surface area contributed by atoms with Crippen LogP contribution in [-0.2, 0) is 12.8 Å². The van der Waals surface area contributed by atoms with E-state index in [1.54, 1.807) is 0 Å². The Morgan fingerprint density at radius 2 is 1.74 bits per heavy atom. The molecule has 104 valence electrons. The van der Waals surface area contributed by atoms with Gasteiger partial charge in [-0.3, -0.25) is 0 Å². The maximum absolute atomic E-state index is 4.79. The normalized spacial score (nSPS) is 11.3. The number of hydrogen-bond donors (Lipinski definition) is 0. The Kier molecular flexibility index (Phi) is 5.37. The summed E-state index contributed by atoms with van der Waals surface area (Å²) in [5.74, 6) is 0. The third-order valence-corrected chi connectivity index (χ3v) is 3.61. The van der Waals surface area contributed by atoms with Gasteiger partial charge in [0.2, 0.25) is 0 Å². The number of rotatable bonds is 8. The second-order valence-electron chi connectivity index (χ2n) is 5.26. The second kappa shape index (κ2) is 7.27. The standard InChI is InChI=1S/C16H25N3/c1-3-5-7-9-14-13-19-16(11-12-17-19)18-15(14)10-8-6-4-2/h11-13H,3-10H2,1-2H3. The van der Waals surface area contributed by atoms with Crippen LogP contribution in [-0.4, -0.2) is 14.6 Å². The predicted molar refractivity (Wildman–Crippen MR) is 79.4 cm³/mol. The van der Waals surface area contributed by atoms with Crippen molar-refractivity contribution in [1.29, 1.82) is 0 Å². The summed E-state index contributed by atoms with van der Waals surface area (Å²) in [4.78, 5) is 4.79. The van der Waals surface area contributed by atoms with Crippen LogP contribution in [0.5, 0.6) is 0 Å². The maximum Gasteiger partial charge on any atom is 0.155 e. The van der Waals surface area contributed by atoms with Crippen LogP contribution in [0.2, 0.25) is 0 Å². The lowest BCUT2D eigenvalue weighted by atomic mass is 10.0. The lowest BCUT2D eigenvalue weighted by Gasteiger charge is -2.09. The molecule has 3 heteroatoms. The zero-order valence-electron chi connectivity index (χ0n) is 12.2. The van der Waals surface area contributed by atoms with Crippen molar-refractivity contribution in [1.82, 2.24) is 14.6 Å². The second-order valence-corrected chi connectivity index (χ2v) is 5.26. The summed E-state index contributed by atoms with van der Waals surface area (Å²) in [5, 5.41) is 4.30. The van der Waals surface area contributed by atoms with Crippen LogP contribution in [0.1, 0.15) is 63.6 Å². The molecule has 19 heavy (non-hydrogen) atoms. The summed E-state index contributed by atoms with van der Waals surface area (Å²) in [7, 11) is 0. The highest BCUT2D eigenvalue weighted by Gasteiger charge is 2.07. The molecule has 0 aliphatic carbocycles. The first kappa shape index (κ1) is 14.0. The van der Waals surface area contributed by atoms with Gasteiger partial charge >= 0.3 is 0 Å². The zero-order valence-corrected chi connectivity index (χ0v) is 12.2. The molecule has 0 aliphatic heterocycles. The van der Waals surface area contributed by atoms with Crippen molar-refractivity contribution in [2.45, 2.75) is 65.2 Å². The fourth-order valence-electron chi connectivity index (χ4n) is 2.46. The Bertz CT molecular complexity index is 458. The van der Waals surface area contributed by atoms with E-state index in [4.69, 9.17) is 4.98 Å². The Labute approximate surface area is 116 Å². The van der Waals surface area contributed by atoms with Crippen molar-refractivity contribution in [3.05, 3.63) is 29.7 Å². The molecular weight excluding hydrogens is 234 g/mol. The van der Waals surface area contributed by atoms with Gasteiger partial charge in [-0.1, -0.05) is 39.5 Å². The van der Waals surface area contributed by atoms with Crippen molar-refractivity contribution in [2.75, 3.05) is 0 Å². The third-order valence-electron chi connectivity index (χ3n) is 3.61. The Hall–Kier alpha value is -1.38. The molecule has 0 radical (unpaired) electrons. The minimum absolute atomic E-state index is 0.978. The number of aryl methyl sites for hydroxylation is 2. The van der Waals surface area contributed by atoms with E-state index in [0.717, 1.165) is 18.5 Å². The van der Waals surface area contributed by atoms with Gasteiger partial charge in [-0.05, 0) is 31.2 Å². The SMILES string of the molecule is CCCCCc1cn2nccc2nc1CCCCC. The van der Waals surface area contributed by atoms with Crippen molar-refractivity contribution in [3.63, 3.8) is 0 Å². The summed E-state index contributed by atoms with van der Waals surface area (Å²) in [6, 6.07) is 1.99. The van der Waals surface area contributed by atoms with Gasteiger partial charge < -0.3 is 0 Å². The molecular formula is C16H25N3. The average Bonchev–Trinajstić information content (AvgIpc) is 2.86. The molecule has 0 saturated carbocycles. The van der Waals surface area contributed by atoms with Crippen LogP contribution in [0.4, 0.5) is 0 Å². The smallest absolute Gasteiger partial charge is 0.155 e. The molecule has 0 spiro atoms. The van der Waals surface area contributed by atoms with Gasteiger partial charge in [0.25, 0.3) is 0 Å². The summed E-state index contributed by atoms with van der Waals surface area (Å²) in [5.41, 5.74) is 3.66. The van der Waals surface area contributed by atoms with E-state index in [1.165, 1.54) is 49.8 Å². The summed E-state index contributed by atoms with van der Waals surface area (Å²) in [6.07, 6.45) is 13.9. The molecule has 3 nitrogen and oxygen atoms in total. The van der Waals surface area contributed by atoms with Crippen molar-refractivity contribution in [3.8, 4) is 0 Å².